The van der Waals surface area contributed by atoms with E-state index in [2.05, 4.69) is 20.9 Å². The van der Waals surface area contributed by atoms with E-state index in [9.17, 15) is 9.18 Å². The third kappa shape index (κ3) is 8.26. The summed E-state index contributed by atoms with van der Waals surface area (Å²) in [5.74, 6) is 0.989. The van der Waals surface area contributed by atoms with Crippen LogP contribution in [0.2, 0.25) is 0 Å². The Morgan fingerprint density at radius 2 is 1.76 bits per heavy atom. The lowest BCUT2D eigenvalue weighted by Crippen LogP contribution is -2.41. The molecule has 0 spiro atoms. The maximum absolute atomic E-state index is 13.3. The van der Waals surface area contributed by atoms with Gasteiger partial charge in [0.05, 0.1) is 13.7 Å². The molecule has 1 amide bonds. The van der Waals surface area contributed by atoms with Gasteiger partial charge in [0.15, 0.2) is 5.96 Å². The predicted octanol–water partition coefficient (Wildman–Crippen LogP) is 3.25. The molecular formula is C21H28FIN4O2. The number of amides is 1. The monoisotopic (exact) mass is 514 g/mol. The van der Waals surface area contributed by atoms with Gasteiger partial charge >= 0.3 is 0 Å². The first-order valence-electron chi connectivity index (χ1n) is 9.23. The number of hydrogen-bond acceptors (Lipinski definition) is 3. The van der Waals surface area contributed by atoms with Crippen LogP contribution in [-0.4, -0.2) is 38.6 Å². The Morgan fingerprint density at radius 1 is 1.07 bits per heavy atom. The molecule has 0 saturated heterocycles. The molecule has 2 aromatic carbocycles. The number of halogens is 2. The van der Waals surface area contributed by atoms with Crippen LogP contribution in [0.25, 0.3) is 0 Å². The molecule has 2 rings (SSSR count). The van der Waals surface area contributed by atoms with E-state index < -0.39 is 0 Å². The summed E-state index contributed by atoms with van der Waals surface area (Å²) >= 11 is 0. The Bertz CT molecular complexity index is 813. The van der Waals surface area contributed by atoms with Gasteiger partial charge in [-0.3, -0.25) is 4.79 Å². The smallest absolute Gasteiger partial charge is 0.251 e. The van der Waals surface area contributed by atoms with E-state index in [1.165, 1.54) is 6.07 Å². The first kappa shape index (κ1) is 24.7. The highest BCUT2D eigenvalue weighted by Crippen LogP contribution is 2.11. The predicted molar refractivity (Wildman–Crippen MR) is 125 cm³/mol. The van der Waals surface area contributed by atoms with Gasteiger partial charge in [-0.1, -0.05) is 12.1 Å². The van der Waals surface area contributed by atoms with Crippen LogP contribution in [0.1, 0.15) is 28.4 Å². The second-order valence-electron chi connectivity index (χ2n) is 6.19. The maximum Gasteiger partial charge on any atom is 0.251 e. The third-order valence-corrected chi connectivity index (χ3v) is 4.04. The number of aliphatic imine (C=N–C) groups is 1. The average molecular weight is 514 g/mol. The van der Waals surface area contributed by atoms with E-state index in [1.807, 2.05) is 6.92 Å². The molecule has 0 aromatic heterocycles. The summed E-state index contributed by atoms with van der Waals surface area (Å²) in [4.78, 5) is 16.6. The summed E-state index contributed by atoms with van der Waals surface area (Å²) in [6.07, 6.45) is 0. The normalized spacial score (nSPS) is 10.7. The Labute approximate surface area is 188 Å². The second kappa shape index (κ2) is 13.0. The standard InChI is InChI=1S/C21H27FN4O2.HI/c1-4-23-21(26-14-16-5-10-19(22)15(2)13-16)25-12-11-24-20(27)17-6-8-18(28-3)9-7-17;/h5-10,13H,4,11-12,14H2,1-3H3,(H,24,27)(H2,23,25,26);1H. The molecule has 158 valence electrons. The lowest BCUT2D eigenvalue weighted by molar-refractivity contribution is 0.0954. The van der Waals surface area contributed by atoms with Crippen molar-refractivity contribution in [1.82, 2.24) is 16.0 Å². The van der Waals surface area contributed by atoms with Gasteiger partial charge < -0.3 is 20.7 Å². The molecule has 29 heavy (non-hydrogen) atoms. The summed E-state index contributed by atoms with van der Waals surface area (Å²) in [6.45, 7) is 5.84. The van der Waals surface area contributed by atoms with Gasteiger partial charge in [-0.25, -0.2) is 9.38 Å². The highest BCUT2D eigenvalue weighted by molar-refractivity contribution is 14.0. The van der Waals surface area contributed by atoms with Crippen LogP contribution in [-0.2, 0) is 6.54 Å². The van der Waals surface area contributed by atoms with Crippen molar-refractivity contribution in [2.24, 2.45) is 4.99 Å². The molecule has 0 aliphatic carbocycles. The summed E-state index contributed by atoms with van der Waals surface area (Å²) in [7, 11) is 1.58. The van der Waals surface area contributed by atoms with Crippen molar-refractivity contribution in [2.75, 3.05) is 26.7 Å². The van der Waals surface area contributed by atoms with Crippen molar-refractivity contribution in [3.8, 4) is 5.75 Å². The number of nitrogens with zero attached hydrogens (tertiary/aromatic N) is 1. The van der Waals surface area contributed by atoms with E-state index >= 15 is 0 Å². The van der Waals surface area contributed by atoms with Gasteiger partial charge in [0, 0.05) is 25.2 Å². The molecule has 0 saturated carbocycles. The van der Waals surface area contributed by atoms with Crippen molar-refractivity contribution >= 4 is 35.8 Å². The molecule has 2 aromatic rings. The minimum Gasteiger partial charge on any atom is -0.497 e. The van der Waals surface area contributed by atoms with Crippen LogP contribution in [0.4, 0.5) is 4.39 Å². The lowest BCUT2D eigenvalue weighted by atomic mass is 10.1. The number of nitrogens with one attached hydrogen (secondary N) is 3. The Hall–Kier alpha value is -2.36. The fraction of sp³-hybridized carbons (Fsp3) is 0.333. The second-order valence-corrected chi connectivity index (χ2v) is 6.19. The number of benzene rings is 2. The average Bonchev–Trinajstić information content (AvgIpc) is 2.71. The van der Waals surface area contributed by atoms with E-state index in [0.717, 1.165) is 5.56 Å². The molecule has 8 heteroatoms. The molecule has 0 bridgehead atoms. The highest BCUT2D eigenvalue weighted by atomic mass is 127. The molecule has 0 unspecified atom stereocenters. The van der Waals surface area contributed by atoms with Crippen molar-refractivity contribution in [3.63, 3.8) is 0 Å². The summed E-state index contributed by atoms with van der Waals surface area (Å²) in [6, 6.07) is 11.9. The summed E-state index contributed by atoms with van der Waals surface area (Å²) in [5, 5.41) is 9.18. The van der Waals surface area contributed by atoms with Crippen molar-refractivity contribution in [3.05, 3.63) is 65.0 Å². The number of carbonyl (C=O) groups is 1. The largest absolute Gasteiger partial charge is 0.497 e. The van der Waals surface area contributed by atoms with Gasteiger partial charge in [0.2, 0.25) is 0 Å². The first-order valence-corrected chi connectivity index (χ1v) is 9.23. The van der Waals surface area contributed by atoms with Gasteiger partial charge in [0.1, 0.15) is 11.6 Å². The van der Waals surface area contributed by atoms with Crippen molar-refractivity contribution in [2.45, 2.75) is 20.4 Å². The number of methoxy groups -OCH3 is 1. The summed E-state index contributed by atoms with van der Waals surface area (Å²) < 4.78 is 18.4. The zero-order chi connectivity index (χ0) is 20.4. The minimum atomic E-state index is -0.217. The number of rotatable bonds is 8. The van der Waals surface area contributed by atoms with Crippen LogP contribution in [0, 0.1) is 12.7 Å². The van der Waals surface area contributed by atoms with Crippen LogP contribution in [0.15, 0.2) is 47.5 Å². The van der Waals surface area contributed by atoms with Crippen LogP contribution in [0.5, 0.6) is 5.75 Å². The number of carbonyl (C=O) groups excluding carboxylic acids is 1. The molecule has 0 fully saturated rings. The zero-order valence-corrected chi connectivity index (χ0v) is 19.3. The fourth-order valence-corrected chi connectivity index (χ4v) is 2.52. The molecule has 0 heterocycles. The molecule has 0 aliphatic rings. The molecule has 6 nitrogen and oxygen atoms in total. The topological polar surface area (TPSA) is 74.8 Å². The van der Waals surface area contributed by atoms with E-state index in [4.69, 9.17) is 4.74 Å². The quantitative estimate of drug-likeness (QED) is 0.219. The molecule has 0 aliphatic heterocycles. The van der Waals surface area contributed by atoms with Crippen LogP contribution in [0.3, 0.4) is 0 Å². The van der Waals surface area contributed by atoms with E-state index in [0.29, 0.717) is 49.0 Å². The van der Waals surface area contributed by atoms with Crippen LogP contribution < -0.4 is 20.7 Å². The first-order chi connectivity index (χ1) is 13.5. The number of hydrogen-bond donors (Lipinski definition) is 3. The molecule has 3 N–H and O–H groups in total. The lowest BCUT2D eigenvalue weighted by Gasteiger charge is -2.12. The van der Waals surface area contributed by atoms with Gasteiger partial charge in [-0.15, -0.1) is 24.0 Å². The Morgan fingerprint density at radius 3 is 2.38 bits per heavy atom. The number of guanidine groups is 1. The maximum atomic E-state index is 13.3. The van der Waals surface area contributed by atoms with Crippen molar-refractivity contribution < 1.29 is 13.9 Å². The summed E-state index contributed by atoms with van der Waals surface area (Å²) in [5.41, 5.74) is 2.11. The zero-order valence-electron chi connectivity index (χ0n) is 16.9. The minimum absolute atomic E-state index is 0. The van der Waals surface area contributed by atoms with Gasteiger partial charge in [-0.2, -0.15) is 0 Å². The van der Waals surface area contributed by atoms with Crippen LogP contribution >= 0.6 is 24.0 Å². The fourth-order valence-electron chi connectivity index (χ4n) is 2.52. The SMILES string of the molecule is CCNC(=NCc1ccc(F)c(C)c1)NCCNC(=O)c1ccc(OC)cc1.I. The third-order valence-electron chi connectivity index (χ3n) is 4.04. The molecule has 0 atom stereocenters. The van der Waals surface area contributed by atoms with E-state index in [-0.39, 0.29) is 35.7 Å². The van der Waals surface area contributed by atoms with Gasteiger partial charge in [-0.05, 0) is 55.3 Å². The molecular weight excluding hydrogens is 486 g/mol. The number of ether oxygens (including phenoxy) is 1. The highest BCUT2D eigenvalue weighted by Gasteiger charge is 2.05. The Kier molecular flexibility index (Phi) is 11.0. The Balaban J connectivity index is 0.00000420. The molecule has 0 radical (unpaired) electrons. The van der Waals surface area contributed by atoms with Crippen molar-refractivity contribution in [1.29, 1.82) is 0 Å². The van der Waals surface area contributed by atoms with E-state index in [1.54, 1.807) is 50.4 Å². The van der Waals surface area contributed by atoms with Gasteiger partial charge in [0.25, 0.3) is 5.91 Å². The number of aryl methyl sites for hydroxylation is 1.